The first-order valence-corrected chi connectivity index (χ1v) is 22.4. The number of carbonyl (C=O) groups is 4. The highest BCUT2D eigenvalue weighted by molar-refractivity contribution is 7.17. The number of hydrogen-bond donors (Lipinski definition) is 5. The zero-order valence-corrected chi connectivity index (χ0v) is 37.8. The van der Waals surface area contributed by atoms with Crippen molar-refractivity contribution in [2.45, 2.75) is 66.1 Å². The molecule has 19 heteroatoms. The van der Waals surface area contributed by atoms with E-state index in [1.54, 1.807) is 35.6 Å². The lowest BCUT2D eigenvalue weighted by molar-refractivity contribution is -0.123. The second-order valence-electron chi connectivity index (χ2n) is 14.6. The number of nitrogens with one attached hydrogen (secondary N) is 5. The molecule has 0 saturated heterocycles. The van der Waals surface area contributed by atoms with E-state index in [0.29, 0.717) is 47.1 Å². The van der Waals surface area contributed by atoms with Gasteiger partial charge in [-0.3, -0.25) is 39.8 Å². The van der Waals surface area contributed by atoms with E-state index in [9.17, 15) is 19.2 Å². The summed E-state index contributed by atoms with van der Waals surface area (Å²) in [6.07, 6.45) is 0.228. The maximum absolute atomic E-state index is 13.2. The number of thiophene rings is 1. The highest BCUT2D eigenvalue weighted by Crippen LogP contribution is 2.41. The first kappa shape index (κ1) is 46.3. The number of carbonyl (C=O) groups excluding carboxylic acids is 4. The highest BCUT2D eigenvalue weighted by Gasteiger charge is 2.39. The molecular weight excluding hydrogens is 854 g/mol. The van der Waals surface area contributed by atoms with Crippen LogP contribution < -0.4 is 31.6 Å². The lowest BCUT2D eigenvalue weighted by Gasteiger charge is -2.24. The first-order valence-electron chi connectivity index (χ1n) is 20.4. The first-order chi connectivity index (χ1) is 29.9. The molecule has 0 aliphatic carbocycles. The van der Waals surface area contributed by atoms with Crippen LogP contribution in [0.2, 0.25) is 5.02 Å². The third-order valence-electron chi connectivity index (χ3n) is 10.1. The van der Waals surface area contributed by atoms with Crippen LogP contribution in [-0.2, 0) is 28.6 Å². The number of aliphatic imine (C=N–C) groups is 1. The summed E-state index contributed by atoms with van der Waals surface area (Å²) in [6, 6.07) is 13.8. The van der Waals surface area contributed by atoms with Crippen molar-refractivity contribution in [1.29, 1.82) is 0 Å². The van der Waals surface area contributed by atoms with Gasteiger partial charge >= 0.3 is 0 Å². The SMILES string of the molecule is Cc1nc(NC(=O)c2ccccc2NC(=O)CCOCCOCCOCCC(=O)NCCNC(=O)C[C@@H]2N=C(c3ccc(Cl)cc3)c3c(sc(C)c3C)N3C2=NNC3C)sc1C. The van der Waals surface area contributed by atoms with Gasteiger partial charge in [-0.05, 0) is 64.4 Å². The number of rotatable bonds is 21. The topological polar surface area (TPSA) is 197 Å². The van der Waals surface area contributed by atoms with E-state index in [1.165, 1.54) is 16.2 Å². The number of amides is 4. The summed E-state index contributed by atoms with van der Waals surface area (Å²) in [5, 5.41) is 18.1. The lowest BCUT2D eigenvalue weighted by Crippen LogP contribution is -2.43. The van der Waals surface area contributed by atoms with Crippen LogP contribution in [-0.4, -0.2) is 105 Å². The standard InChI is InChI=1S/C43H52ClN9O7S2/c1-25-27(3)61-42-38(25)39(30-10-12-31(44)13-11-30)49-34(40-52-51-29(5)53(40)42)24-37(56)46-17-16-45-35(54)14-18-58-20-22-60-23-21-59-19-15-36(55)48-33-9-7-6-8-32(33)41(57)50-43-47-26(2)28(4)62-43/h6-13,29,34,51H,14-24H2,1-5H3,(H,45,54)(H,46,56)(H,48,55)(H,47,50,57)/t29?,34-/m0/s1. The average molecular weight is 907 g/mol. The molecule has 2 aliphatic rings. The third kappa shape index (κ3) is 12.2. The van der Waals surface area contributed by atoms with Gasteiger partial charge in [0.1, 0.15) is 17.2 Å². The van der Waals surface area contributed by atoms with Gasteiger partial charge in [0.05, 0.1) is 75.1 Å². The van der Waals surface area contributed by atoms with Gasteiger partial charge in [-0.2, -0.15) is 5.10 Å². The van der Waals surface area contributed by atoms with Gasteiger partial charge in [0, 0.05) is 45.4 Å². The van der Waals surface area contributed by atoms with E-state index in [0.717, 1.165) is 38.0 Å². The number of hydrazone groups is 1. The predicted molar refractivity (Wildman–Crippen MR) is 244 cm³/mol. The van der Waals surface area contributed by atoms with Gasteiger partial charge in [-0.1, -0.05) is 35.9 Å². The van der Waals surface area contributed by atoms with Crippen molar-refractivity contribution in [2.24, 2.45) is 10.1 Å². The minimum Gasteiger partial charge on any atom is -0.379 e. The number of aromatic nitrogens is 1. The number of thiazole rings is 1. The summed E-state index contributed by atoms with van der Waals surface area (Å²) in [4.78, 5) is 64.9. The van der Waals surface area contributed by atoms with Gasteiger partial charge in [0.15, 0.2) is 11.0 Å². The Labute approximate surface area is 373 Å². The van der Waals surface area contributed by atoms with E-state index in [-0.39, 0.29) is 82.0 Å². The van der Waals surface area contributed by atoms with Crippen LogP contribution in [0.5, 0.6) is 0 Å². The highest BCUT2D eigenvalue weighted by atomic mass is 35.5. The monoisotopic (exact) mass is 905 g/mol. The number of ether oxygens (including phenoxy) is 3. The molecule has 0 bridgehead atoms. The number of nitrogens with zero attached hydrogens (tertiary/aromatic N) is 4. The second-order valence-corrected chi connectivity index (χ2v) is 17.4. The molecule has 5 N–H and O–H groups in total. The Kier molecular flexibility index (Phi) is 16.6. The molecule has 0 fully saturated rings. The van der Waals surface area contributed by atoms with Crippen LogP contribution in [0.4, 0.5) is 15.8 Å². The van der Waals surface area contributed by atoms with Crippen molar-refractivity contribution in [2.75, 3.05) is 68.3 Å². The lowest BCUT2D eigenvalue weighted by atomic mass is 9.99. The maximum Gasteiger partial charge on any atom is 0.259 e. The normalized spacial score (nSPS) is 15.4. The molecule has 4 aromatic rings. The van der Waals surface area contributed by atoms with Crippen molar-refractivity contribution >= 4 is 85.3 Å². The molecule has 16 nitrogen and oxygen atoms in total. The number of anilines is 3. The van der Waals surface area contributed by atoms with Crippen LogP contribution in [0, 0.1) is 27.7 Å². The van der Waals surface area contributed by atoms with Crippen molar-refractivity contribution in [1.82, 2.24) is 21.0 Å². The number of hydrogen-bond acceptors (Lipinski definition) is 14. The fourth-order valence-electron chi connectivity index (χ4n) is 6.59. The van der Waals surface area contributed by atoms with Gasteiger partial charge in [-0.15, -0.1) is 22.7 Å². The summed E-state index contributed by atoms with van der Waals surface area (Å²) in [6.45, 7) is 12.2. The summed E-state index contributed by atoms with van der Waals surface area (Å²) >= 11 is 9.30. The summed E-state index contributed by atoms with van der Waals surface area (Å²) < 4.78 is 16.6. The molecule has 330 valence electrons. The molecule has 4 amide bonds. The minimum absolute atomic E-state index is 0.0773. The van der Waals surface area contributed by atoms with Gasteiger partial charge in [-0.25, -0.2) is 4.98 Å². The number of fused-ring (bicyclic) bond motifs is 3. The summed E-state index contributed by atoms with van der Waals surface area (Å²) in [5.41, 5.74) is 8.63. The minimum atomic E-state index is -0.541. The molecule has 0 saturated carbocycles. The van der Waals surface area contributed by atoms with Crippen LogP contribution in [0.15, 0.2) is 58.6 Å². The fraction of sp³-hybridized carbons (Fsp3) is 0.419. The molecule has 6 rings (SSSR count). The molecule has 2 atom stereocenters. The molecule has 2 aromatic heterocycles. The fourth-order valence-corrected chi connectivity index (χ4v) is 8.77. The van der Waals surface area contributed by atoms with Crippen molar-refractivity contribution in [3.05, 3.63) is 91.3 Å². The van der Waals surface area contributed by atoms with Gasteiger partial charge in [0.2, 0.25) is 17.7 Å². The predicted octanol–water partition coefficient (Wildman–Crippen LogP) is 5.72. The number of aryl methyl sites for hydroxylation is 3. The number of benzene rings is 2. The van der Waals surface area contributed by atoms with Crippen molar-refractivity contribution < 1.29 is 33.4 Å². The summed E-state index contributed by atoms with van der Waals surface area (Å²) in [7, 11) is 0. The van der Waals surface area contributed by atoms with E-state index >= 15 is 0 Å². The Morgan fingerprint density at radius 3 is 2.11 bits per heavy atom. The van der Waals surface area contributed by atoms with E-state index in [2.05, 4.69) is 55.5 Å². The number of para-hydroxylation sites is 1. The Balaban J connectivity index is 0.816. The van der Waals surface area contributed by atoms with Crippen LogP contribution >= 0.6 is 34.3 Å². The van der Waals surface area contributed by atoms with Gasteiger partial charge in [0.25, 0.3) is 5.91 Å². The quantitative estimate of drug-likeness (QED) is 0.0645. The molecule has 0 spiro atoms. The molecule has 1 unspecified atom stereocenters. The van der Waals surface area contributed by atoms with E-state index in [1.807, 2.05) is 45.0 Å². The molecule has 0 radical (unpaired) electrons. The van der Waals surface area contributed by atoms with E-state index in [4.69, 9.17) is 30.8 Å². The zero-order valence-electron chi connectivity index (χ0n) is 35.4. The largest absolute Gasteiger partial charge is 0.379 e. The Hall–Kier alpha value is -5.24. The Morgan fingerprint density at radius 1 is 0.790 bits per heavy atom. The van der Waals surface area contributed by atoms with Crippen LogP contribution in [0.3, 0.4) is 0 Å². The zero-order chi connectivity index (χ0) is 44.2. The smallest absolute Gasteiger partial charge is 0.259 e. The molecule has 4 heterocycles. The third-order valence-corrected chi connectivity index (χ3v) is 12.5. The average Bonchev–Trinajstić information content (AvgIpc) is 3.85. The van der Waals surface area contributed by atoms with Crippen molar-refractivity contribution in [3.8, 4) is 0 Å². The second kappa shape index (κ2) is 22.2. The van der Waals surface area contributed by atoms with Crippen molar-refractivity contribution in [3.63, 3.8) is 0 Å². The number of amidine groups is 1. The maximum atomic E-state index is 13.2. The molecule has 2 aliphatic heterocycles. The number of halogens is 1. The van der Waals surface area contributed by atoms with Crippen LogP contribution in [0.25, 0.3) is 0 Å². The van der Waals surface area contributed by atoms with Crippen LogP contribution in [0.1, 0.15) is 68.7 Å². The van der Waals surface area contributed by atoms with E-state index < -0.39 is 6.04 Å². The molecular formula is C43H52ClN9O7S2. The van der Waals surface area contributed by atoms with Gasteiger partial charge < -0.3 is 30.2 Å². The Morgan fingerprint density at radius 2 is 1.44 bits per heavy atom. The summed E-state index contributed by atoms with van der Waals surface area (Å²) in [5.74, 6) is -0.362. The Bertz CT molecular complexity index is 2280. The molecule has 62 heavy (non-hydrogen) atoms. The molecule has 2 aromatic carbocycles.